The molecule has 0 bridgehead atoms. The maximum Gasteiger partial charge on any atom is 0.227 e. The number of amides is 1. The molecule has 0 aromatic carbocycles. The van der Waals surface area contributed by atoms with Crippen molar-refractivity contribution in [3.8, 4) is 10.7 Å². The SMILES string of the molecule is CC(CN)N(C)C(=O)CCc1nc(-c2cc(Br)cs2)no1.Cl. The third-order valence-corrected chi connectivity index (χ3v) is 4.89. The van der Waals surface area contributed by atoms with Gasteiger partial charge in [-0.3, -0.25) is 4.79 Å². The maximum absolute atomic E-state index is 12.0. The van der Waals surface area contributed by atoms with Gasteiger partial charge in [-0.2, -0.15) is 4.98 Å². The second kappa shape index (κ2) is 8.61. The van der Waals surface area contributed by atoms with Crippen molar-refractivity contribution in [3.05, 3.63) is 21.8 Å². The highest BCUT2D eigenvalue weighted by molar-refractivity contribution is 9.10. The van der Waals surface area contributed by atoms with Crippen LogP contribution in [0.25, 0.3) is 10.7 Å². The Balaban J connectivity index is 0.00000242. The van der Waals surface area contributed by atoms with Crippen LogP contribution in [0, 0.1) is 0 Å². The van der Waals surface area contributed by atoms with E-state index in [1.54, 1.807) is 11.9 Å². The monoisotopic (exact) mass is 408 g/mol. The summed E-state index contributed by atoms with van der Waals surface area (Å²) in [6.45, 7) is 2.36. The van der Waals surface area contributed by atoms with Gasteiger partial charge in [0.05, 0.1) is 4.88 Å². The van der Waals surface area contributed by atoms with Crippen LogP contribution >= 0.6 is 39.7 Å². The van der Waals surface area contributed by atoms with Crippen molar-refractivity contribution < 1.29 is 9.32 Å². The number of hydrogen-bond acceptors (Lipinski definition) is 6. The molecule has 122 valence electrons. The number of hydrogen-bond donors (Lipinski definition) is 1. The molecular formula is C13H18BrClN4O2S. The lowest BCUT2D eigenvalue weighted by atomic mass is 10.2. The van der Waals surface area contributed by atoms with E-state index in [1.165, 1.54) is 11.3 Å². The maximum atomic E-state index is 12.0. The molecule has 6 nitrogen and oxygen atoms in total. The van der Waals surface area contributed by atoms with Crippen LogP contribution in [0.4, 0.5) is 0 Å². The smallest absolute Gasteiger partial charge is 0.227 e. The van der Waals surface area contributed by atoms with E-state index in [1.807, 2.05) is 18.4 Å². The molecule has 2 aromatic heterocycles. The topological polar surface area (TPSA) is 85.2 Å². The zero-order chi connectivity index (χ0) is 15.4. The van der Waals surface area contributed by atoms with Crippen LogP contribution in [0.2, 0.25) is 0 Å². The van der Waals surface area contributed by atoms with E-state index < -0.39 is 0 Å². The van der Waals surface area contributed by atoms with Crippen LogP contribution in [0.5, 0.6) is 0 Å². The minimum Gasteiger partial charge on any atom is -0.342 e. The number of rotatable bonds is 6. The second-order valence-corrected chi connectivity index (χ2v) is 6.56. The highest BCUT2D eigenvalue weighted by atomic mass is 79.9. The van der Waals surface area contributed by atoms with Gasteiger partial charge in [-0.1, -0.05) is 5.16 Å². The molecule has 0 saturated heterocycles. The van der Waals surface area contributed by atoms with Gasteiger partial charge in [-0.05, 0) is 28.9 Å². The number of halogens is 2. The predicted octanol–water partition coefficient (Wildman–Crippen LogP) is 2.72. The molecule has 0 spiro atoms. The molecule has 0 radical (unpaired) electrons. The lowest BCUT2D eigenvalue weighted by Crippen LogP contribution is -2.39. The van der Waals surface area contributed by atoms with Crippen LogP contribution in [0.15, 0.2) is 20.4 Å². The molecule has 2 rings (SSSR count). The van der Waals surface area contributed by atoms with Crippen molar-refractivity contribution in [2.24, 2.45) is 5.73 Å². The van der Waals surface area contributed by atoms with Crippen LogP contribution < -0.4 is 5.73 Å². The lowest BCUT2D eigenvalue weighted by molar-refractivity contribution is -0.131. The average molecular weight is 410 g/mol. The van der Waals surface area contributed by atoms with Crippen LogP contribution in [-0.2, 0) is 11.2 Å². The van der Waals surface area contributed by atoms with Crippen molar-refractivity contribution in [1.82, 2.24) is 15.0 Å². The van der Waals surface area contributed by atoms with Gasteiger partial charge in [0, 0.05) is 42.3 Å². The van der Waals surface area contributed by atoms with Gasteiger partial charge in [0.1, 0.15) is 0 Å². The zero-order valence-corrected chi connectivity index (χ0v) is 15.5. The zero-order valence-electron chi connectivity index (χ0n) is 12.3. The Bertz CT molecular complexity index is 619. The largest absolute Gasteiger partial charge is 0.342 e. The van der Waals surface area contributed by atoms with E-state index in [4.69, 9.17) is 10.3 Å². The third kappa shape index (κ3) is 4.77. The summed E-state index contributed by atoms with van der Waals surface area (Å²) < 4.78 is 6.17. The van der Waals surface area contributed by atoms with Crippen molar-refractivity contribution >= 4 is 45.6 Å². The summed E-state index contributed by atoms with van der Waals surface area (Å²) in [7, 11) is 1.75. The molecule has 0 aliphatic rings. The lowest BCUT2D eigenvalue weighted by Gasteiger charge is -2.23. The molecule has 0 saturated carbocycles. The summed E-state index contributed by atoms with van der Waals surface area (Å²) in [5.74, 6) is 1.04. The first-order valence-electron chi connectivity index (χ1n) is 6.54. The Morgan fingerprint density at radius 3 is 2.91 bits per heavy atom. The summed E-state index contributed by atoms with van der Waals surface area (Å²) in [4.78, 5) is 18.9. The second-order valence-electron chi connectivity index (χ2n) is 4.73. The molecule has 0 aliphatic heterocycles. The Morgan fingerprint density at radius 1 is 1.59 bits per heavy atom. The van der Waals surface area contributed by atoms with Gasteiger partial charge < -0.3 is 15.2 Å². The summed E-state index contributed by atoms with van der Waals surface area (Å²) in [5.41, 5.74) is 5.55. The molecule has 2 heterocycles. The van der Waals surface area contributed by atoms with Crippen molar-refractivity contribution in [3.63, 3.8) is 0 Å². The molecule has 0 aliphatic carbocycles. The summed E-state index contributed by atoms with van der Waals surface area (Å²) >= 11 is 4.92. The van der Waals surface area contributed by atoms with Crippen molar-refractivity contribution in [1.29, 1.82) is 0 Å². The Labute approximate surface area is 147 Å². The van der Waals surface area contributed by atoms with Gasteiger partial charge in [0.25, 0.3) is 0 Å². The van der Waals surface area contributed by atoms with Gasteiger partial charge >= 0.3 is 0 Å². The van der Waals surface area contributed by atoms with Gasteiger partial charge in [-0.25, -0.2) is 0 Å². The molecule has 22 heavy (non-hydrogen) atoms. The molecule has 1 amide bonds. The fraction of sp³-hybridized carbons (Fsp3) is 0.462. The number of carbonyl (C=O) groups is 1. The van der Waals surface area contributed by atoms with E-state index in [2.05, 4.69) is 26.1 Å². The van der Waals surface area contributed by atoms with E-state index in [9.17, 15) is 4.79 Å². The molecule has 9 heteroatoms. The first kappa shape index (κ1) is 19.1. The predicted molar refractivity (Wildman–Crippen MR) is 92.2 cm³/mol. The number of nitrogens with zero attached hydrogens (tertiary/aromatic N) is 3. The first-order valence-corrected chi connectivity index (χ1v) is 8.21. The molecule has 1 atom stereocenters. The molecule has 1 unspecified atom stereocenters. The standard InChI is InChI=1S/C13H17BrN4O2S.ClH/c1-8(6-15)18(2)12(19)4-3-11-16-13(17-20-11)10-5-9(14)7-21-10;/h5,7-8H,3-4,6,15H2,1-2H3;1H. The third-order valence-electron chi connectivity index (χ3n) is 3.20. The van der Waals surface area contributed by atoms with Gasteiger partial charge in [-0.15, -0.1) is 23.7 Å². The minimum absolute atomic E-state index is 0. The number of likely N-dealkylation sites (N-methyl/N-ethyl adjacent to an activating group) is 1. The number of thiophene rings is 1. The summed E-state index contributed by atoms with van der Waals surface area (Å²) in [6.07, 6.45) is 0.761. The first-order chi connectivity index (χ1) is 10.0. The Morgan fingerprint density at radius 2 is 2.32 bits per heavy atom. The Hall–Kier alpha value is -0.960. The van der Waals surface area contributed by atoms with E-state index in [0.29, 0.717) is 31.1 Å². The van der Waals surface area contributed by atoms with Gasteiger partial charge in [0.15, 0.2) is 0 Å². The highest BCUT2D eigenvalue weighted by Crippen LogP contribution is 2.27. The summed E-state index contributed by atoms with van der Waals surface area (Å²) in [5, 5.41) is 5.89. The van der Waals surface area contributed by atoms with Crippen LogP contribution in [0.3, 0.4) is 0 Å². The van der Waals surface area contributed by atoms with Crippen LogP contribution in [-0.4, -0.2) is 40.6 Å². The molecular weight excluding hydrogens is 392 g/mol. The molecule has 2 aromatic rings. The number of aromatic nitrogens is 2. The van der Waals surface area contributed by atoms with Crippen molar-refractivity contribution in [2.45, 2.75) is 25.8 Å². The number of carbonyl (C=O) groups excluding carboxylic acids is 1. The van der Waals surface area contributed by atoms with E-state index in [-0.39, 0.29) is 24.4 Å². The minimum atomic E-state index is 0. The van der Waals surface area contributed by atoms with Crippen molar-refractivity contribution in [2.75, 3.05) is 13.6 Å². The van der Waals surface area contributed by atoms with Crippen LogP contribution in [0.1, 0.15) is 19.2 Å². The molecule has 2 N–H and O–H groups in total. The van der Waals surface area contributed by atoms with E-state index in [0.717, 1.165) is 9.35 Å². The average Bonchev–Trinajstić information content (AvgIpc) is 3.11. The Kier molecular flexibility index (Phi) is 7.47. The number of aryl methyl sites for hydroxylation is 1. The fourth-order valence-electron chi connectivity index (χ4n) is 1.68. The normalized spacial score (nSPS) is 11.8. The van der Waals surface area contributed by atoms with Gasteiger partial charge in [0.2, 0.25) is 17.6 Å². The van der Waals surface area contributed by atoms with E-state index >= 15 is 0 Å². The quantitative estimate of drug-likeness (QED) is 0.793. The molecule has 0 fully saturated rings. The fourth-order valence-corrected chi connectivity index (χ4v) is 3.03. The highest BCUT2D eigenvalue weighted by Gasteiger charge is 2.16. The number of nitrogens with two attached hydrogens (primary N) is 1. The summed E-state index contributed by atoms with van der Waals surface area (Å²) in [6, 6.07) is 1.96.